The summed E-state index contributed by atoms with van der Waals surface area (Å²) in [5, 5.41) is 5.50. The second-order valence-corrected chi connectivity index (χ2v) is 6.07. The molecule has 2 nitrogen and oxygen atoms in total. The zero-order chi connectivity index (χ0) is 15.5. The first-order valence-corrected chi connectivity index (χ1v) is 7.03. The molecule has 1 N–H and O–H groups in total. The molecule has 0 aliphatic carbocycles. The molecule has 0 aromatic heterocycles. The molecular weight excluding hydrogens is 272 g/mol. The summed E-state index contributed by atoms with van der Waals surface area (Å²) in [7, 11) is 0. The van der Waals surface area contributed by atoms with E-state index in [9.17, 15) is 8.78 Å². The SMILES string of the molecule is CC(C)(C)NCc1c(OCC(F)F)ccc2ccccc12. The molecule has 0 atom stereocenters. The maximum Gasteiger partial charge on any atom is 0.272 e. The maximum absolute atomic E-state index is 12.4. The largest absolute Gasteiger partial charge is 0.487 e. The highest BCUT2D eigenvalue weighted by atomic mass is 19.3. The van der Waals surface area contributed by atoms with Gasteiger partial charge in [-0.05, 0) is 37.6 Å². The van der Waals surface area contributed by atoms with Gasteiger partial charge in [-0.2, -0.15) is 0 Å². The van der Waals surface area contributed by atoms with Crippen LogP contribution in [0.1, 0.15) is 26.3 Å². The van der Waals surface area contributed by atoms with Gasteiger partial charge in [0.05, 0.1) is 0 Å². The monoisotopic (exact) mass is 293 g/mol. The van der Waals surface area contributed by atoms with Crippen molar-refractivity contribution >= 4 is 10.8 Å². The molecule has 21 heavy (non-hydrogen) atoms. The van der Waals surface area contributed by atoms with Crippen molar-refractivity contribution in [2.24, 2.45) is 0 Å². The van der Waals surface area contributed by atoms with Crippen LogP contribution in [0.5, 0.6) is 5.75 Å². The van der Waals surface area contributed by atoms with Gasteiger partial charge in [-0.1, -0.05) is 30.3 Å². The second-order valence-electron chi connectivity index (χ2n) is 6.07. The Morgan fingerprint density at radius 1 is 1.10 bits per heavy atom. The molecule has 4 heteroatoms. The Hall–Kier alpha value is -1.68. The number of halogens is 2. The quantitative estimate of drug-likeness (QED) is 0.883. The van der Waals surface area contributed by atoms with Crippen LogP contribution in [0.15, 0.2) is 36.4 Å². The van der Waals surface area contributed by atoms with Gasteiger partial charge < -0.3 is 10.1 Å². The Morgan fingerprint density at radius 2 is 1.81 bits per heavy atom. The highest BCUT2D eigenvalue weighted by Gasteiger charge is 2.14. The minimum atomic E-state index is -2.47. The summed E-state index contributed by atoms with van der Waals surface area (Å²) in [5.41, 5.74) is 0.861. The number of alkyl halides is 2. The molecule has 0 unspecified atom stereocenters. The van der Waals surface area contributed by atoms with Crippen LogP contribution >= 0.6 is 0 Å². The van der Waals surface area contributed by atoms with Gasteiger partial charge in [0.2, 0.25) is 0 Å². The van der Waals surface area contributed by atoms with E-state index in [0.29, 0.717) is 12.3 Å². The van der Waals surface area contributed by atoms with Crippen molar-refractivity contribution in [3.05, 3.63) is 42.0 Å². The Morgan fingerprint density at radius 3 is 2.48 bits per heavy atom. The van der Waals surface area contributed by atoms with E-state index in [1.807, 2.05) is 30.3 Å². The third-order valence-corrected chi connectivity index (χ3v) is 3.16. The summed E-state index contributed by atoms with van der Waals surface area (Å²) in [4.78, 5) is 0. The van der Waals surface area contributed by atoms with Gasteiger partial charge in [-0.3, -0.25) is 0 Å². The molecular formula is C17H21F2NO. The average Bonchev–Trinajstić information content (AvgIpc) is 2.42. The topological polar surface area (TPSA) is 21.3 Å². The van der Waals surface area contributed by atoms with Crippen LogP contribution in [0.25, 0.3) is 10.8 Å². The summed E-state index contributed by atoms with van der Waals surface area (Å²) in [6.45, 7) is 6.19. The molecule has 2 aromatic rings. The van der Waals surface area contributed by atoms with E-state index in [2.05, 4.69) is 26.1 Å². The lowest BCUT2D eigenvalue weighted by molar-refractivity contribution is 0.0814. The lowest BCUT2D eigenvalue weighted by atomic mass is 10.0. The van der Waals surface area contributed by atoms with E-state index in [0.717, 1.165) is 16.3 Å². The molecule has 0 amide bonds. The smallest absolute Gasteiger partial charge is 0.272 e. The Balaban J connectivity index is 2.37. The Bertz CT molecular complexity index is 605. The molecule has 2 aromatic carbocycles. The van der Waals surface area contributed by atoms with Crippen LogP contribution in [-0.2, 0) is 6.54 Å². The highest BCUT2D eigenvalue weighted by molar-refractivity contribution is 5.87. The fourth-order valence-corrected chi connectivity index (χ4v) is 2.14. The molecule has 0 aliphatic rings. The normalized spacial score (nSPS) is 12.1. The third kappa shape index (κ3) is 4.39. The molecule has 0 spiro atoms. The standard InChI is InChI=1S/C17H21F2NO/c1-17(2,3)20-10-14-13-7-5-4-6-12(13)8-9-15(14)21-11-16(18)19/h4-9,16,20H,10-11H2,1-3H3. The fraction of sp³-hybridized carbons (Fsp3) is 0.412. The van der Waals surface area contributed by atoms with E-state index < -0.39 is 13.0 Å². The van der Waals surface area contributed by atoms with E-state index in [1.54, 1.807) is 6.07 Å². The summed E-state index contributed by atoms with van der Waals surface area (Å²) < 4.78 is 30.1. The van der Waals surface area contributed by atoms with E-state index in [4.69, 9.17) is 4.74 Å². The lowest BCUT2D eigenvalue weighted by Gasteiger charge is -2.22. The van der Waals surface area contributed by atoms with Gasteiger partial charge >= 0.3 is 0 Å². The summed E-state index contributed by atoms with van der Waals surface area (Å²) >= 11 is 0. The molecule has 0 fully saturated rings. The van der Waals surface area contributed by atoms with Gasteiger partial charge in [0.1, 0.15) is 12.4 Å². The minimum Gasteiger partial charge on any atom is -0.487 e. The molecule has 0 heterocycles. The van der Waals surface area contributed by atoms with Crippen molar-refractivity contribution in [3.63, 3.8) is 0 Å². The zero-order valence-corrected chi connectivity index (χ0v) is 12.6. The number of hydrogen-bond donors (Lipinski definition) is 1. The summed E-state index contributed by atoms with van der Waals surface area (Å²) in [6, 6.07) is 11.6. The number of rotatable bonds is 5. The fourth-order valence-electron chi connectivity index (χ4n) is 2.14. The van der Waals surface area contributed by atoms with Crippen LogP contribution in [0.3, 0.4) is 0 Å². The summed E-state index contributed by atoms with van der Waals surface area (Å²) in [6.07, 6.45) is -2.47. The van der Waals surface area contributed by atoms with Crippen molar-refractivity contribution < 1.29 is 13.5 Å². The first-order valence-electron chi connectivity index (χ1n) is 7.03. The number of benzene rings is 2. The molecule has 0 saturated carbocycles. The summed E-state index contributed by atoms with van der Waals surface area (Å²) in [5.74, 6) is 0.519. The number of hydrogen-bond acceptors (Lipinski definition) is 2. The average molecular weight is 293 g/mol. The van der Waals surface area contributed by atoms with E-state index >= 15 is 0 Å². The molecule has 114 valence electrons. The predicted molar refractivity (Wildman–Crippen MR) is 82.0 cm³/mol. The van der Waals surface area contributed by atoms with Crippen LogP contribution in [0.2, 0.25) is 0 Å². The van der Waals surface area contributed by atoms with Crippen molar-refractivity contribution in [2.75, 3.05) is 6.61 Å². The zero-order valence-electron chi connectivity index (χ0n) is 12.6. The number of fused-ring (bicyclic) bond motifs is 1. The van der Waals surface area contributed by atoms with Crippen molar-refractivity contribution in [3.8, 4) is 5.75 Å². The van der Waals surface area contributed by atoms with Gasteiger partial charge in [0.15, 0.2) is 0 Å². The number of ether oxygens (including phenoxy) is 1. The van der Waals surface area contributed by atoms with E-state index in [-0.39, 0.29) is 5.54 Å². The van der Waals surface area contributed by atoms with Crippen molar-refractivity contribution in [1.29, 1.82) is 0 Å². The Labute approximate surface area is 124 Å². The molecule has 0 saturated heterocycles. The van der Waals surface area contributed by atoms with Gasteiger partial charge in [-0.25, -0.2) is 8.78 Å². The third-order valence-electron chi connectivity index (χ3n) is 3.16. The molecule has 2 rings (SSSR count). The molecule has 0 aliphatic heterocycles. The van der Waals surface area contributed by atoms with Crippen LogP contribution in [0, 0.1) is 0 Å². The maximum atomic E-state index is 12.4. The van der Waals surface area contributed by atoms with Crippen molar-refractivity contribution in [1.82, 2.24) is 5.32 Å². The molecule has 0 radical (unpaired) electrons. The van der Waals surface area contributed by atoms with Gasteiger partial charge in [-0.15, -0.1) is 0 Å². The first kappa shape index (κ1) is 15.7. The van der Waals surface area contributed by atoms with Crippen LogP contribution in [-0.4, -0.2) is 18.6 Å². The van der Waals surface area contributed by atoms with Crippen LogP contribution in [0.4, 0.5) is 8.78 Å². The van der Waals surface area contributed by atoms with E-state index in [1.165, 1.54) is 0 Å². The van der Waals surface area contributed by atoms with Gasteiger partial charge in [0.25, 0.3) is 6.43 Å². The molecule has 0 bridgehead atoms. The Kier molecular flexibility index (Phi) is 4.78. The van der Waals surface area contributed by atoms with Gasteiger partial charge in [0, 0.05) is 17.6 Å². The minimum absolute atomic E-state index is 0.0586. The lowest BCUT2D eigenvalue weighted by Crippen LogP contribution is -2.35. The second kappa shape index (κ2) is 6.39. The predicted octanol–water partition coefficient (Wildman–Crippen LogP) is 4.37. The first-order chi connectivity index (χ1) is 9.87. The number of nitrogens with one attached hydrogen (secondary N) is 1. The highest BCUT2D eigenvalue weighted by Crippen LogP contribution is 2.28. The van der Waals surface area contributed by atoms with Crippen LogP contribution < -0.4 is 10.1 Å². The van der Waals surface area contributed by atoms with Crippen molar-refractivity contribution in [2.45, 2.75) is 39.3 Å².